The van der Waals surface area contributed by atoms with Crippen molar-refractivity contribution in [2.45, 2.75) is 27.2 Å². The standard InChI is InChI=1S/C18H22N2O3S/c1-12(2)10-16(21)19-8-9-20-17(22)15(24-18(20)23)11-14-6-4-13(3)5-7-14/h4-7,11-12H,8-10H2,1-3H3,(H,19,21)/b15-11-. The molecule has 0 unspecified atom stereocenters. The molecule has 0 atom stereocenters. The second-order valence-corrected chi connectivity index (χ2v) is 7.19. The first kappa shape index (κ1) is 18.3. The molecule has 1 aliphatic heterocycles. The van der Waals surface area contributed by atoms with Crippen LogP contribution in [-0.2, 0) is 9.59 Å². The first-order chi connectivity index (χ1) is 11.4. The Morgan fingerprint density at radius 2 is 1.92 bits per heavy atom. The lowest BCUT2D eigenvalue weighted by Gasteiger charge is -2.13. The van der Waals surface area contributed by atoms with Crippen molar-refractivity contribution in [1.82, 2.24) is 10.2 Å². The Kier molecular flexibility index (Phi) is 6.20. The zero-order chi connectivity index (χ0) is 17.7. The molecule has 0 radical (unpaired) electrons. The number of nitrogens with zero attached hydrogens (tertiary/aromatic N) is 1. The van der Waals surface area contributed by atoms with Gasteiger partial charge < -0.3 is 5.32 Å². The fourth-order valence-corrected chi connectivity index (χ4v) is 3.12. The first-order valence-corrected chi connectivity index (χ1v) is 8.77. The summed E-state index contributed by atoms with van der Waals surface area (Å²) in [6.45, 7) is 6.39. The van der Waals surface area contributed by atoms with E-state index < -0.39 is 0 Å². The van der Waals surface area contributed by atoms with Gasteiger partial charge in [0.25, 0.3) is 11.1 Å². The normalized spacial score (nSPS) is 16.3. The van der Waals surface area contributed by atoms with Crippen molar-refractivity contribution in [3.05, 3.63) is 40.3 Å². The molecular formula is C18H22N2O3S. The number of benzene rings is 1. The Labute approximate surface area is 146 Å². The molecule has 1 aliphatic rings. The third kappa shape index (κ3) is 4.96. The molecule has 0 aromatic heterocycles. The maximum atomic E-state index is 12.3. The molecule has 6 heteroatoms. The summed E-state index contributed by atoms with van der Waals surface area (Å²) < 4.78 is 0. The number of hydrogen-bond donors (Lipinski definition) is 1. The van der Waals surface area contributed by atoms with Crippen LogP contribution in [-0.4, -0.2) is 35.0 Å². The lowest BCUT2D eigenvalue weighted by atomic mass is 10.1. The van der Waals surface area contributed by atoms with Crippen molar-refractivity contribution in [3.8, 4) is 0 Å². The maximum Gasteiger partial charge on any atom is 0.293 e. The molecule has 24 heavy (non-hydrogen) atoms. The lowest BCUT2D eigenvalue weighted by molar-refractivity contribution is -0.124. The zero-order valence-corrected chi connectivity index (χ0v) is 15.0. The summed E-state index contributed by atoms with van der Waals surface area (Å²) in [7, 11) is 0. The highest BCUT2D eigenvalue weighted by atomic mass is 32.2. The number of imide groups is 1. The van der Waals surface area contributed by atoms with E-state index >= 15 is 0 Å². The lowest BCUT2D eigenvalue weighted by Crippen LogP contribution is -2.37. The molecule has 5 nitrogen and oxygen atoms in total. The minimum atomic E-state index is -0.302. The SMILES string of the molecule is Cc1ccc(/C=C2\SC(=O)N(CCNC(=O)CC(C)C)C2=O)cc1. The van der Waals surface area contributed by atoms with E-state index in [1.165, 1.54) is 4.90 Å². The molecule has 1 heterocycles. The molecular weight excluding hydrogens is 324 g/mol. The Hall–Kier alpha value is -2.08. The van der Waals surface area contributed by atoms with Gasteiger partial charge >= 0.3 is 0 Å². The number of thioether (sulfide) groups is 1. The summed E-state index contributed by atoms with van der Waals surface area (Å²) in [5.74, 6) is -0.0875. The average molecular weight is 346 g/mol. The average Bonchev–Trinajstić information content (AvgIpc) is 2.76. The predicted octanol–water partition coefficient (Wildman–Crippen LogP) is 3.19. The Morgan fingerprint density at radius 1 is 1.25 bits per heavy atom. The molecule has 1 fully saturated rings. The molecule has 1 aromatic rings. The molecule has 0 aliphatic carbocycles. The van der Waals surface area contributed by atoms with Crippen molar-refractivity contribution >= 4 is 34.9 Å². The molecule has 0 bridgehead atoms. The van der Waals surface area contributed by atoms with Crippen LogP contribution in [0.15, 0.2) is 29.2 Å². The van der Waals surface area contributed by atoms with Crippen LogP contribution >= 0.6 is 11.8 Å². The fourth-order valence-electron chi connectivity index (χ4n) is 2.26. The predicted molar refractivity (Wildman–Crippen MR) is 96.3 cm³/mol. The second kappa shape index (κ2) is 8.15. The third-order valence-electron chi connectivity index (χ3n) is 3.50. The summed E-state index contributed by atoms with van der Waals surface area (Å²) in [5.41, 5.74) is 2.02. The maximum absolute atomic E-state index is 12.3. The molecule has 3 amide bonds. The van der Waals surface area contributed by atoms with Crippen LogP contribution in [0.1, 0.15) is 31.4 Å². The number of carbonyl (C=O) groups is 3. The van der Waals surface area contributed by atoms with Crippen molar-refractivity contribution in [1.29, 1.82) is 0 Å². The highest BCUT2D eigenvalue weighted by Gasteiger charge is 2.34. The van der Waals surface area contributed by atoms with Crippen LogP contribution in [0.3, 0.4) is 0 Å². The van der Waals surface area contributed by atoms with E-state index in [0.717, 1.165) is 22.9 Å². The van der Waals surface area contributed by atoms with Gasteiger partial charge in [0.15, 0.2) is 0 Å². The second-order valence-electron chi connectivity index (χ2n) is 6.19. The topological polar surface area (TPSA) is 66.5 Å². The van der Waals surface area contributed by atoms with Gasteiger partial charge in [-0.3, -0.25) is 19.3 Å². The van der Waals surface area contributed by atoms with E-state index in [2.05, 4.69) is 5.32 Å². The van der Waals surface area contributed by atoms with E-state index in [0.29, 0.717) is 11.3 Å². The van der Waals surface area contributed by atoms with Crippen LogP contribution in [0.4, 0.5) is 4.79 Å². The monoisotopic (exact) mass is 346 g/mol. The third-order valence-corrected chi connectivity index (χ3v) is 4.41. The number of amides is 3. The van der Waals surface area contributed by atoms with Crippen LogP contribution in [0.25, 0.3) is 6.08 Å². The summed E-state index contributed by atoms with van der Waals surface area (Å²) in [5, 5.41) is 2.44. The van der Waals surface area contributed by atoms with Crippen LogP contribution in [0.5, 0.6) is 0 Å². The number of aryl methyl sites for hydroxylation is 1. The fraction of sp³-hybridized carbons (Fsp3) is 0.389. The van der Waals surface area contributed by atoms with Crippen molar-refractivity contribution in [2.75, 3.05) is 13.1 Å². The largest absolute Gasteiger partial charge is 0.354 e. The Bertz CT molecular complexity index is 665. The molecule has 1 aromatic carbocycles. The van der Waals surface area contributed by atoms with Crippen molar-refractivity contribution in [3.63, 3.8) is 0 Å². The van der Waals surface area contributed by atoms with Crippen LogP contribution in [0, 0.1) is 12.8 Å². The van der Waals surface area contributed by atoms with Crippen molar-refractivity contribution < 1.29 is 14.4 Å². The van der Waals surface area contributed by atoms with Gasteiger partial charge in [0.05, 0.1) is 4.91 Å². The highest BCUT2D eigenvalue weighted by molar-refractivity contribution is 8.18. The Balaban J connectivity index is 1.94. The minimum absolute atomic E-state index is 0.0628. The number of rotatable bonds is 6. The summed E-state index contributed by atoms with van der Waals surface area (Å²) >= 11 is 0.936. The van der Waals surface area contributed by atoms with Gasteiger partial charge in [0.1, 0.15) is 0 Å². The first-order valence-electron chi connectivity index (χ1n) is 7.95. The number of carbonyl (C=O) groups excluding carboxylic acids is 3. The number of hydrogen-bond acceptors (Lipinski definition) is 4. The van der Waals surface area contributed by atoms with Crippen LogP contribution in [0.2, 0.25) is 0 Å². The van der Waals surface area contributed by atoms with E-state index in [1.807, 2.05) is 45.0 Å². The van der Waals surface area contributed by atoms with E-state index in [9.17, 15) is 14.4 Å². The summed E-state index contributed by atoms with van der Waals surface area (Å²) in [6.07, 6.45) is 2.16. The van der Waals surface area contributed by atoms with E-state index in [4.69, 9.17) is 0 Å². The van der Waals surface area contributed by atoms with E-state index in [1.54, 1.807) is 6.08 Å². The van der Waals surface area contributed by atoms with Gasteiger partial charge in [-0.2, -0.15) is 0 Å². The van der Waals surface area contributed by atoms with Gasteiger partial charge in [-0.1, -0.05) is 43.7 Å². The van der Waals surface area contributed by atoms with Gasteiger partial charge in [0.2, 0.25) is 5.91 Å². The van der Waals surface area contributed by atoms with Gasteiger partial charge in [0, 0.05) is 19.5 Å². The van der Waals surface area contributed by atoms with Gasteiger partial charge in [-0.25, -0.2) is 0 Å². The summed E-state index contributed by atoms with van der Waals surface area (Å²) in [4.78, 5) is 37.6. The molecule has 0 spiro atoms. The van der Waals surface area contributed by atoms with Crippen LogP contribution < -0.4 is 5.32 Å². The molecule has 0 saturated carbocycles. The molecule has 1 N–H and O–H groups in total. The molecule has 128 valence electrons. The zero-order valence-electron chi connectivity index (χ0n) is 14.2. The smallest absolute Gasteiger partial charge is 0.293 e. The number of nitrogens with one attached hydrogen (secondary N) is 1. The molecule has 2 rings (SSSR count). The quantitative estimate of drug-likeness (QED) is 0.803. The minimum Gasteiger partial charge on any atom is -0.354 e. The Morgan fingerprint density at radius 3 is 2.54 bits per heavy atom. The highest BCUT2D eigenvalue weighted by Crippen LogP contribution is 2.31. The molecule has 1 saturated heterocycles. The van der Waals surface area contributed by atoms with Gasteiger partial charge in [-0.15, -0.1) is 0 Å². The van der Waals surface area contributed by atoms with Gasteiger partial charge in [-0.05, 0) is 36.2 Å². The summed E-state index contributed by atoms with van der Waals surface area (Å²) in [6, 6.07) is 7.74. The van der Waals surface area contributed by atoms with Crippen molar-refractivity contribution in [2.24, 2.45) is 5.92 Å². The van der Waals surface area contributed by atoms with E-state index in [-0.39, 0.29) is 36.1 Å².